The number of amidine groups is 4. The molecule has 4 aromatic carbocycles. The minimum absolute atomic E-state index is 0.544. The van der Waals surface area contributed by atoms with Gasteiger partial charge in [-0.2, -0.15) is 0 Å². The van der Waals surface area contributed by atoms with Gasteiger partial charge >= 0.3 is 376 Å². The van der Waals surface area contributed by atoms with Crippen molar-refractivity contribution < 1.29 is 7.53 Å². The summed E-state index contributed by atoms with van der Waals surface area (Å²) < 4.78 is 22.1. The van der Waals surface area contributed by atoms with Crippen LogP contribution in [0.2, 0.25) is 0 Å². The Labute approximate surface area is 373 Å². The molecule has 4 aliphatic heterocycles. The monoisotopic (exact) mass is 900 g/mol. The number of nitrogens with zero attached hydrogens (tertiary/aromatic N) is 8. The predicted octanol–water partition coefficient (Wildman–Crippen LogP) is 11.7. The van der Waals surface area contributed by atoms with E-state index in [0.717, 1.165) is 143 Å². The Morgan fingerprint density at radius 2 is 0.683 bits per heavy atom. The van der Waals surface area contributed by atoms with E-state index in [-0.39, 0.29) is 0 Å². The quantitative estimate of drug-likeness (QED) is 0.0903. The zero-order chi connectivity index (χ0) is 43.3. The summed E-state index contributed by atoms with van der Waals surface area (Å²) in [5.74, 6) is 3.90. The number of aromatic nitrogens is 2. The van der Waals surface area contributed by atoms with Crippen LogP contribution in [-0.2, 0) is 7.53 Å². The fourth-order valence-corrected chi connectivity index (χ4v) is 19.6. The molecule has 6 bridgehead atoms. The summed E-state index contributed by atoms with van der Waals surface area (Å²) in [4.78, 5) is 33.6. The molecule has 11 heteroatoms. The second-order valence-electron chi connectivity index (χ2n) is 17.7. The van der Waals surface area contributed by atoms with E-state index in [0.29, 0.717) is 23.3 Å². The third kappa shape index (κ3) is 6.74. The van der Waals surface area contributed by atoms with Crippen LogP contribution in [-0.4, -0.2) is 56.0 Å². The molecule has 0 spiro atoms. The van der Waals surface area contributed by atoms with Gasteiger partial charge in [-0.15, -0.1) is 0 Å². The second-order valence-corrected chi connectivity index (χ2v) is 22.8. The predicted molar refractivity (Wildman–Crippen MR) is 258 cm³/mol. The average Bonchev–Trinajstić information content (AvgIpc) is 4.00. The van der Waals surface area contributed by atoms with E-state index >= 15 is 0 Å². The van der Waals surface area contributed by atoms with Crippen molar-refractivity contribution in [3.05, 3.63) is 130 Å². The number of hydrogen-bond acceptors (Lipinski definition) is 8. The van der Waals surface area contributed by atoms with Crippen LogP contribution in [0, 0.1) is 0 Å². The Morgan fingerprint density at radius 3 is 1.02 bits per heavy atom. The zero-order valence-corrected chi connectivity index (χ0v) is 39.7. The van der Waals surface area contributed by atoms with Gasteiger partial charge in [-0.3, -0.25) is 0 Å². The molecule has 0 radical (unpaired) electrons. The van der Waals surface area contributed by atoms with Gasteiger partial charge in [-0.05, 0) is 0 Å². The molecule has 63 heavy (non-hydrogen) atoms. The first-order valence-corrected chi connectivity index (χ1v) is 27.1. The molecule has 0 aliphatic carbocycles. The second kappa shape index (κ2) is 16.7. The van der Waals surface area contributed by atoms with Gasteiger partial charge in [0, 0.05) is 0 Å². The topological polar surface area (TPSA) is 102 Å². The van der Waals surface area contributed by atoms with Gasteiger partial charge in [0.15, 0.2) is 0 Å². The number of aliphatic imine (C=N–C) groups is 4. The molecular formula is C52H58GeN8O2. The van der Waals surface area contributed by atoms with Crippen molar-refractivity contribution >= 4 is 70.9 Å². The number of benzene rings is 4. The summed E-state index contributed by atoms with van der Waals surface area (Å²) in [6, 6.07) is 33.8. The third-order valence-corrected chi connectivity index (χ3v) is 20.3. The van der Waals surface area contributed by atoms with E-state index in [9.17, 15) is 0 Å². The van der Waals surface area contributed by atoms with E-state index in [1.807, 2.05) is 0 Å². The van der Waals surface area contributed by atoms with Gasteiger partial charge in [0.05, 0.1) is 0 Å². The molecule has 2 aromatic heterocycles. The van der Waals surface area contributed by atoms with Crippen molar-refractivity contribution in [1.82, 2.24) is 7.05 Å². The summed E-state index contributed by atoms with van der Waals surface area (Å²) in [6.45, 7) is 13.7. The fourth-order valence-electron chi connectivity index (χ4n) is 11.0. The molecule has 4 aliphatic rings. The van der Waals surface area contributed by atoms with Crippen molar-refractivity contribution in [2.75, 3.05) is 0 Å². The van der Waals surface area contributed by atoms with E-state index in [2.05, 4.69) is 146 Å². The van der Waals surface area contributed by atoms with Crippen LogP contribution >= 0.6 is 0 Å². The van der Waals surface area contributed by atoms with Gasteiger partial charge in [0.25, 0.3) is 0 Å². The van der Waals surface area contributed by atoms with Gasteiger partial charge in [0.1, 0.15) is 0 Å². The summed E-state index contributed by atoms with van der Waals surface area (Å²) in [5.41, 5.74) is 4.12. The summed E-state index contributed by atoms with van der Waals surface area (Å²) >= 11 is -5.29. The van der Waals surface area contributed by atoms with E-state index in [4.69, 9.17) is 37.5 Å². The Bertz CT molecular complexity index is 2800. The van der Waals surface area contributed by atoms with Crippen molar-refractivity contribution in [2.24, 2.45) is 30.0 Å². The van der Waals surface area contributed by atoms with Crippen LogP contribution < -0.4 is 11.0 Å². The van der Waals surface area contributed by atoms with Crippen LogP contribution in [0.3, 0.4) is 0 Å². The molecule has 6 heterocycles. The average molecular weight is 900 g/mol. The summed E-state index contributed by atoms with van der Waals surface area (Å²) in [6.07, 6.45) is 11.0. The summed E-state index contributed by atoms with van der Waals surface area (Å²) in [7, 11) is 0. The molecule has 0 unspecified atom stereocenters. The Morgan fingerprint density at radius 1 is 0.381 bits per heavy atom. The Hall–Kier alpha value is -5.30. The van der Waals surface area contributed by atoms with Crippen molar-refractivity contribution in [3.63, 3.8) is 0 Å². The third-order valence-electron chi connectivity index (χ3n) is 13.3. The Balaban J connectivity index is 1.53. The standard InChI is InChI=1S/C52H58GeN8O2/c1-7-29-51(30-8-2,31-9-3)62-53(63-52(32-10-4,33-11-5)34-12-6)60-47-39-25-17-18-26-40(39)49(60)58-45-37-23-15-16-24-38(37)46(55-45)59-50-42-28-20-19-27-41(42)48(61(50)53)57-44-36-22-14-13-21-35(36)43(54-44)56-47/h13-28H,7-12,29-34H2,1-6H3. The van der Waals surface area contributed by atoms with Gasteiger partial charge in [0.2, 0.25) is 0 Å². The fraction of sp³-hybridized carbons (Fsp3) is 0.385. The van der Waals surface area contributed by atoms with Crippen LogP contribution in [0.25, 0.3) is 21.5 Å². The van der Waals surface area contributed by atoms with Crippen molar-refractivity contribution in [1.29, 1.82) is 0 Å². The molecule has 0 N–H and O–H groups in total. The Kier molecular flexibility index (Phi) is 11.0. The normalized spacial score (nSPS) is 15.8. The number of hydrogen-bond donors (Lipinski definition) is 0. The first-order valence-electron chi connectivity index (χ1n) is 23.5. The van der Waals surface area contributed by atoms with Gasteiger partial charge in [-0.25, -0.2) is 0 Å². The maximum absolute atomic E-state index is 8.67. The first kappa shape index (κ1) is 41.7. The molecule has 0 saturated heterocycles. The van der Waals surface area contributed by atoms with Crippen LogP contribution in [0.4, 0.5) is 11.6 Å². The molecule has 6 aromatic rings. The molecule has 0 fully saturated rings. The van der Waals surface area contributed by atoms with Gasteiger partial charge in [-0.1, -0.05) is 0 Å². The van der Waals surface area contributed by atoms with E-state index < -0.39 is 25.6 Å². The molecular weight excluding hydrogens is 841 g/mol. The zero-order valence-electron chi connectivity index (χ0n) is 37.6. The molecule has 322 valence electrons. The first-order chi connectivity index (χ1) is 30.9. The molecule has 0 amide bonds. The number of fused-ring (bicyclic) bond motifs is 14. The van der Waals surface area contributed by atoms with Crippen LogP contribution in [0.1, 0.15) is 141 Å². The van der Waals surface area contributed by atoms with Gasteiger partial charge < -0.3 is 0 Å². The molecule has 10 rings (SSSR count). The number of rotatable bonds is 16. The van der Waals surface area contributed by atoms with E-state index in [1.54, 1.807) is 0 Å². The maximum atomic E-state index is 8.67. The minimum atomic E-state index is -5.29. The molecule has 10 nitrogen and oxygen atoms in total. The SMILES string of the molecule is CCCC(CCC)(CCC)[O][Ge]1([O]C(CCC)(CCC)CCC)[n]2c3c4ccccc4c2N=C2N=C(N=c4c5ccccc5c([n]41)=NC1=NC(=N3)c3ccccc31)c1ccccc12. The van der Waals surface area contributed by atoms with E-state index in [1.165, 1.54) is 0 Å². The molecule has 0 atom stereocenters. The van der Waals surface area contributed by atoms with Crippen molar-refractivity contribution in [2.45, 2.75) is 130 Å². The van der Waals surface area contributed by atoms with Crippen LogP contribution in [0.5, 0.6) is 0 Å². The molecule has 0 saturated carbocycles. The summed E-state index contributed by atoms with van der Waals surface area (Å²) in [5, 5.41) is 3.82. The van der Waals surface area contributed by atoms with Crippen LogP contribution in [0.15, 0.2) is 127 Å². The van der Waals surface area contributed by atoms with Crippen molar-refractivity contribution in [3.8, 4) is 0 Å².